The van der Waals surface area contributed by atoms with E-state index >= 15 is 0 Å². The first-order chi connectivity index (χ1) is 18.8. The molecule has 1 aliphatic heterocycles. The Morgan fingerprint density at radius 3 is 2.49 bits per heavy atom. The van der Waals surface area contributed by atoms with Crippen molar-refractivity contribution in [3.63, 3.8) is 0 Å². The second-order valence-electron chi connectivity index (χ2n) is 8.64. The largest absolute Gasteiger partial charge is 0.504 e. The molecule has 2 heterocycles. The number of methoxy groups -OCH3 is 3. The average molecular weight is 551 g/mol. The second kappa shape index (κ2) is 11.6. The third-order valence-electron chi connectivity index (χ3n) is 6.30. The SMILES string of the molecule is C=CCc1cc(C=c2sc3n(c2=O)C(c2ccc(OC)c(OC)c2)C(C(=O)OCC)=C(C)N=3)cc(OC)c1O. The maximum absolute atomic E-state index is 13.9. The van der Waals surface area contributed by atoms with Gasteiger partial charge in [-0.2, -0.15) is 0 Å². The highest BCUT2D eigenvalue weighted by Crippen LogP contribution is 2.36. The van der Waals surface area contributed by atoms with Gasteiger partial charge in [-0.05, 0) is 61.7 Å². The third kappa shape index (κ3) is 5.20. The van der Waals surface area contributed by atoms with E-state index in [1.807, 2.05) is 0 Å². The average Bonchev–Trinajstić information content (AvgIpc) is 3.23. The zero-order valence-electron chi connectivity index (χ0n) is 22.4. The summed E-state index contributed by atoms with van der Waals surface area (Å²) in [6.07, 6.45) is 3.81. The lowest BCUT2D eigenvalue weighted by Crippen LogP contribution is -2.40. The van der Waals surface area contributed by atoms with Crippen LogP contribution in [-0.4, -0.2) is 43.6 Å². The smallest absolute Gasteiger partial charge is 0.338 e. The van der Waals surface area contributed by atoms with E-state index in [4.69, 9.17) is 18.9 Å². The lowest BCUT2D eigenvalue weighted by molar-refractivity contribution is -0.139. The van der Waals surface area contributed by atoms with Crippen LogP contribution in [0, 0.1) is 0 Å². The highest BCUT2D eigenvalue weighted by molar-refractivity contribution is 7.07. The molecule has 0 spiro atoms. The number of hydrogen-bond acceptors (Lipinski definition) is 9. The number of fused-ring (bicyclic) bond motifs is 1. The highest BCUT2D eigenvalue weighted by atomic mass is 32.1. The Bertz CT molecular complexity index is 1650. The molecule has 0 saturated carbocycles. The molecule has 0 radical (unpaired) electrons. The number of aromatic nitrogens is 1. The van der Waals surface area contributed by atoms with Crippen LogP contribution in [0.1, 0.15) is 36.6 Å². The zero-order valence-corrected chi connectivity index (χ0v) is 23.3. The molecule has 0 saturated heterocycles. The first-order valence-corrected chi connectivity index (χ1v) is 13.0. The molecular formula is C29H30N2O7S. The zero-order chi connectivity index (χ0) is 28.3. The lowest BCUT2D eigenvalue weighted by Gasteiger charge is -2.25. The van der Waals surface area contributed by atoms with Crippen molar-refractivity contribution < 1.29 is 28.8 Å². The summed E-state index contributed by atoms with van der Waals surface area (Å²) >= 11 is 1.20. The highest BCUT2D eigenvalue weighted by Gasteiger charge is 2.34. The number of allylic oxidation sites excluding steroid dienone is 2. The fourth-order valence-electron chi connectivity index (χ4n) is 4.52. The summed E-state index contributed by atoms with van der Waals surface area (Å²) in [4.78, 5) is 32.1. The lowest BCUT2D eigenvalue weighted by atomic mass is 9.95. The minimum atomic E-state index is -0.798. The predicted octanol–water partition coefficient (Wildman–Crippen LogP) is 3.26. The van der Waals surface area contributed by atoms with Gasteiger partial charge >= 0.3 is 5.97 Å². The Hall–Kier alpha value is -4.31. The van der Waals surface area contributed by atoms with Crippen LogP contribution in [0.25, 0.3) is 6.08 Å². The normalized spacial score (nSPS) is 14.9. The van der Waals surface area contributed by atoms with Crippen LogP contribution < -0.4 is 29.1 Å². The van der Waals surface area contributed by atoms with Gasteiger partial charge in [0.05, 0.1) is 49.8 Å². The number of benzene rings is 2. The van der Waals surface area contributed by atoms with E-state index < -0.39 is 12.0 Å². The van der Waals surface area contributed by atoms with Gasteiger partial charge in [0.2, 0.25) is 0 Å². The number of aromatic hydroxyl groups is 1. The van der Waals surface area contributed by atoms with E-state index in [9.17, 15) is 14.7 Å². The summed E-state index contributed by atoms with van der Waals surface area (Å²) in [5, 5.41) is 10.5. The van der Waals surface area contributed by atoms with Crippen LogP contribution in [-0.2, 0) is 16.0 Å². The van der Waals surface area contributed by atoms with Gasteiger partial charge < -0.3 is 24.1 Å². The summed E-state index contributed by atoms with van der Waals surface area (Å²) in [6, 6.07) is 7.89. The maximum atomic E-state index is 13.9. The molecule has 0 bridgehead atoms. The second-order valence-corrected chi connectivity index (χ2v) is 9.65. The molecule has 2 aromatic carbocycles. The summed E-state index contributed by atoms with van der Waals surface area (Å²) < 4.78 is 23.5. The summed E-state index contributed by atoms with van der Waals surface area (Å²) in [7, 11) is 4.52. The molecule has 1 aromatic heterocycles. The molecule has 3 aromatic rings. The Labute approximate surface area is 229 Å². The van der Waals surface area contributed by atoms with Crippen molar-refractivity contribution in [1.29, 1.82) is 0 Å². The molecule has 1 aliphatic rings. The van der Waals surface area contributed by atoms with E-state index in [1.165, 1.54) is 37.2 Å². The maximum Gasteiger partial charge on any atom is 0.338 e. The van der Waals surface area contributed by atoms with Crippen molar-refractivity contribution in [3.8, 4) is 23.0 Å². The number of phenols is 1. The van der Waals surface area contributed by atoms with E-state index in [0.717, 1.165) is 0 Å². The van der Waals surface area contributed by atoms with Gasteiger partial charge in [-0.1, -0.05) is 23.5 Å². The molecule has 0 amide bonds. The van der Waals surface area contributed by atoms with Gasteiger partial charge in [0, 0.05) is 5.56 Å². The van der Waals surface area contributed by atoms with Crippen molar-refractivity contribution in [1.82, 2.24) is 4.57 Å². The van der Waals surface area contributed by atoms with E-state index in [1.54, 1.807) is 56.3 Å². The van der Waals surface area contributed by atoms with Crippen LogP contribution in [0.3, 0.4) is 0 Å². The quantitative estimate of drug-likeness (QED) is 0.322. The first-order valence-electron chi connectivity index (χ1n) is 12.2. The topological polar surface area (TPSA) is 109 Å². The van der Waals surface area contributed by atoms with Gasteiger partial charge in [0.25, 0.3) is 5.56 Å². The summed E-state index contributed by atoms with van der Waals surface area (Å²) in [5.74, 6) is 0.742. The fourth-order valence-corrected chi connectivity index (χ4v) is 5.57. The van der Waals surface area contributed by atoms with Gasteiger partial charge in [0.15, 0.2) is 27.8 Å². The predicted molar refractivity (Wildman–Crippen MR) is 149 cm³/mol. The molecule has 9 nitrogen and oxygen atoms in total. The number of rotatable bonds is 9. The van der Waals surface area contributed by atoms with Gasteiger partial charge in [-0.3, -0.25) is 9.36 Å². The minimum Gasteiger partial charge on any atom is -0.504 e. The van der Waals surface area contributed by atoms with Crippen molar-refractivity contribution in [3.05, 3.63) is 90.6 Å². The van der Waals surface area contributed by atoms with E-state index in [0.29, 0.717) is 49.6 Å². The Kier molecular flexibility index (Phi) is 8.25. The molecule has 1 atom stereocenters. The van der Waals surface area contributed by atoms with Crippen molar-refractivity contribution in [2.45, 2.75) is 26.3 Å². The molecule has 204 valence electrons. The molecule has 1 unspecified atom stereocenters. The Balaban J connectivity index is 1.97. The monoisotopic (exact) mass is 550 g/mol. The fraction of sp³-hybridized carbons (Fsp3) is 0.276. The first kappa shape index (κ1) is 27.7. The molecule has 4 rings (SSSR count). The number of thiazole rings is 1. The molecule has 10 heteroatoms. The number of phenolic OH excluding ortho intramolecular Hbond substituents is 1. The molecule has 0 fully saturated rings. The van der Waals surface area contributed by atoms with Crippen LogP contribution in [0.15, 0.2) is 64.0 Å². The number of hydrogen-bond donors (Lipinski definition) is 1. The number of esters is 1. The van der Waals surface area contributed by atoms with Crippen LogP contribution in [0.5, 0.6) is 23.0 Å². The van der Waals surface area contributed by atoms with Crippen LogP contribution in [0.4, 0.5) is 0 Å². The number of carbonyl (C=O) groups excluding carboxylic acids is 1. The van der Waals surface area contributed by atoms with Gasteiger partial charge in [0.1, 0.15) is 0 Å². The van der Waals surface area contributed by atoms with Crippen molar-refractivity contribution in [2.75, 3.05) is 27.9 Å². The Morgan fingerprint density at radius 1 is 1.13 bits per heavy atom. The van der Waals surface area contributed by atoms with Crippen molar-refractivity contribution >= 4 is 23.4 Å². The van der Waals surface area contributed by atoms with Crippen LogP contribution >= 0.6 is 11.3 Å². The summed E-state index contributed by atoms with van der Waals surface area (Å²) in [5.41, 5.74) is 2.31. The third-order valence-corrected chi connectivity index (χ3v) is 7.28. The van der Waals surface area contributed by atoms with E-state index in [-0.39, 0.29) is 29.2 Å². The van der Waals surface area contributed by atoms with Gasteiger partial charge in [-0.25, -0.2) is 9.79 Å². The molecule has 1 N–H and O–H groups in total. The molecular weight excluding hydrogens is 520 g/mol. The van der Waals surface area contributed by atoms with Gasteiger partial charge in [-0.15, -0.1) is 6.58 Å². The van der Waals surface area contributed by atoms with Crippen LogP contribution in [0.2, 0.25) is 0 Å². The Morgan fingerprint density at radius 2 is 1.85 bits per heavy atom. The molecule has 0 aliphatic carbocycles. The van der Waals surface area contributed by atoms with E-state index in [2.05, 4.69) is 11.6 Å². The van der Waals surface area contributed by atoms with Crippen molar-refractivity contribution in [2.24, 2.45) is 4.99 Å². The number of nitrogens with zero attached hydrogens (tertiary/aromatic N) is 2. The molecule has 39 heavy (non-hydrogen) atoms. The minimum absolute atomic E-state index is 0.0270. The number of carbonyl (C=O) groups is 1. The summed E-state index contributed by atoms with van der Waals surface area (Å²) in [6.45, 7) is 7.37. The number of ether oxygens (including phenoxy) is 4. The standard InChI is InChI=1S/C29H30N2O7S/c1-7-9-19-12-17(13-22(37-6)26(19)32)14-23-27(33)31-25(18-10-11-20(35-4)21(15-18)36-5)24(28(34)38-8-2)16(3)30-29(31)39-23/h7,10-15,25,32H,1,8-9H2,2-6H3.